The number of methoxy groups -OCH3 is 2. The number of nitrogens with one attached hydrogen (secondary N) is 1. The fourth-order valence-corrected chi connectivity index (χ4v) is 6.37. The number of nitrogens with zero attached hydrogens (tertiary/aromatic N) is 2. The van der Waals surface area contributed by atoms with Crippen LogP contribution in [0.25, 0.3) is 0 Å². The summed E-state index contributed by atoms with van der Waals surface area (Å²) in [5, 5.41) is 4.46. The molecule has 0 bridgehead atoms. The SMILES string of the molecule is COc1ccc(S(=O)(=O)N(CC(=O)NN=C2CCCCCCCCCCC2)c2cc(C)cc(C)c2)cc1OC. The van der Waals surface area contributed by atoms with Gasteiger partial charge in [-0.15, -0.1) is 0 Å². The highest BCUT2D eigenvalue weighted by molar-refractivity contribution is 7.92. The van der Waals surface area contributed by atoms with Crippen LogP contribution in [0.3, 0.4) is 0 Å². The molecule has 0 aliphatic heterocycles. The van der Waals surface area contributed by atoms with Gasteiger partial charge in [0.05, 0.1) is 24.8 Å². The monoisotopic (exact) mass is 557 g/mol. The number of aryl methyl sites for hydroxylation is 2. The Morgan fingerprint density at radius 3 is 1.90 bits per heavy atom. The number of carbonyl (C=O) groups is 1. The second-order valence-corrected chi connectivity index (χ2v) is 12.1. The molecule has 0 radical (unpaired) electrons. The van der Waals surface area contributed by atoms with Crippen LogP contribution in [0, 0.1) is 13.8 Å². The van der Waals surface area contributed by atoms with Crippen molar-refractivity contribution >= 4 is 27.3 Å². The van der Waals surface area contributed by atoms with Gasteiger partial charge in [0.15, 0.2) is 11.5 Å². The summed E-state index contributed by atoms with van der Waals surface area (Å²) < 4.78 is 39.5. The van der Waals surface area contributed by atoms with Crippen molar-refractivity contribution in [2.75, 3.05) is 25.1 Å². The van der Waals surface area contributed by atoms with Gasteiger partial charge in [-0.1, -0.05) is 51.0 Å². The first-order valence-electron chi connectivity index (χ1n) is 13.9. The molecular weight excluding hydrogens is 514 g/mol. The lowest BCUT2D eigenvalue weighted by Crippen LogP contribution is -2.40. The summed E-state index contributed by atoms with van der Waals surface area (Å²) in [5.41, 5.74) is 5.84. The third-order valence-electron chi connectivity index (χ3n) is 6.99. The maximum absolute atomic E-state index is 13.9. The minimum absolute atomic E-state index is 0.00209. The Morgan fingerprint density at radius 1 is 0.821 bits per heavy atom. The van der Waals surface area contributed by atoms with Crippen LogP contribution in [0.2, 0.25) is 0 Å². The summed E-state index contributed by atoms with van der Waals surface area (Å²) in [6, 6.07) is 9.89. The summed E-state index contributed by atoms with van der Waals surface area (Å²) in [7, 11) is -1.18. The van der Waals surface area contributed by atoms with Crippen molar-refractivity contribution in [3.05, 3.63) is 47.5 Å². The van der Waals surface area contributed by atoms with Gasteiger partial charge >= 0.3 is 0 Å². The molecule has 0 saturated heterocycles. The third kappa shape index (κ3) is 8.98. The standard InChI is InChI=1S/C30H43N3O5S/c1-23-18-24(2)20-26(19-23)33(39(35,36)27-16-17-28(37-3)29(21-27)38-4)22-30(34)32-31-25-14-12-10-8-6-5-7-9-11-13-15-25/h16-21H,5-15,22H2,1-4H3,(H,32,34). The van der Waals surface area contributed by atoms with E-state index in [4.69, 9.17) is 9.47 Å². The lowest BCUT2D eigenvalue weighted by molar-refractivity contribution is -0.119. The van der Waals surface area contributed by atoms with Gasteiger partial charge in [0.1, 0.15) is 6.54 Å². The van der Waals surface area contributed by atoms with Gasteiger partial charge in [-0.2, -0.15) is 5.10 Å². The Bertz CT molecular complexity index is 1210. The average Bonchev–Trinajstić information content (AvgIpc) is 2.90. The van der Waals surface area contributed by atoms with Gasteiger partial charge in [-0.05, 0) is 74.9 Å². The van der Waals surface area contributed by atoms with Crippen LogP contribution < -0.4 is 19.2 Å². The lowest BCUT2D eigenvalue weighted by atomic mass is 10.00. The Morgan fingerprint density at radius 2 is 1.36 bits per heavy atom. The predicted octanol–water partition coefficient (Wildman–Crippen LogP) is 6.29. The summed E-state index contributed by atoms with van der Waals surface area (Å²) in [5.74, 6) is 0.217. The van der Waals surface area contributed by atoms with Crippen LogP contribution in [0.5, 0.6) is 11.5 Å². The van der Waals surface area contributed by atoms with Gasteiger partial charge < -0.3 is 9.47 Å². The van der Waals surface area contributed by atoms with E-state index in [1.54, 1.807) is 18.2 Å². The van der Waals surface area contributed by atoms with Gasteiger partial charge in [0, 0.05) is 11.8 Å². The first-order valence-corrected chi connectivity index (χ1v) is 15.4. The van der Waals surface area contributed by atoms with Crippen LogP contribution in [-0.2, 0) is 14.8 Å². The predicted molar refractivity (Wildman–Crippen MR) is 156 cm³/mol. The summed E-state index contributed by atoms with van der Waals surface area (Å²) in [4.78, 5) is 13.1. The van der Waals surface area contributed by atoms with E-state index in [0.717, 1.165) is 59.7 Å². The molecule has 0 heterocycles. The molecule has 0 aromatic heterocycles. The van der Waals surface area contributed by atoms with Gasteiger partial charge in [0.2, 0.25) is 0 Å². The Balaban J connectivity index is 1.86. The lowest BCUT2D eigenvalue weighted by Gasteiger charge is -2.25. The Kier molecular flexibility index (Phi) is 11.7. The molecule has 1 saturated carbocycles. The molecule has 1 aliphatic carbocycles. The number of anilines is 1. The van der Waals surface area contributed by atoms with Crippen molar-refractivity contribution in [3.8, 4) is 11.5 Å². The van der Waals surface area contributed by atoms with E-state index in [9.17, 15) is 13.2 Å². The van der Waals surface area contributed by atoms with Crippen molar-refractivity contribution in [2.24, 2.45) is 5.10 Å². The molecule has 0 unspecified atom stereocenters. The number of amides is 1. The van der Waals surface area contributed by atoms with Crippen molar-refractivity contribution in [1.82, 2.24) is 5.43 Å². The molecule has 2 aromatic rings. The van der Waals surface area contributed by atoms with Gasteiger partial charge in [-0.3, -0.25) is 9.10 Å². The highest BCUT2D eigenvalue weighted by Crippen LogP contribution is 2.32. The molecule has 214 valence electrons. The molecule has 1 aliphatic rings. The maximum Gasteiger partial charge on any atom is 0.264 e. The van der Waals surface area contributed by atoms with Crippen LogP contribution in [-0.4, -0.2) is 40.8 Å². The largest absolute Gasteiger partial charge is 0.493 e. The molecule has 1 amide bonds. The van der Waals surface area contributed by atoms with E-state index in [1.807, 2.05) is 19.9 Å². The van der Waals surface area contributed by atoms with Crippen LogP contribution in [0.4, 0.5) is 5.69 Å². The second-order valence-electron chi connectivity index (χ2n) is 10.3. The molecule has 1 fully saturated rings. The molecule has 2 aromatic carbocycles. The van der Waals surface area contributed by atoms with Gasteiger partial charge in [-0.25, -0.2) is 13.8 Å². The number of benzene rings is 2. The first-order chi connectivity index (χ1) is 18.7. The van der Waals surface area contributed by atoms with Crippen molar-refractivity contribution < 1.29 is 22.7 Å². The quantitative estimate of drug-likeness (QED) is 0.385. The molecule has 0 atom stereocenters. The molecule has 9 heteroatoms. The number of sulfonamides is 1. The summed E-state index contributed by atoms with van der Waals surface area (Å²) >= 11 is 0. The summed E-state index contributed by atoms with van der Waals surface area (Å²) in [6.45, 7) is 3.39. The minimum Gasteiger partial charge on any atom is -0.493 e. The third-order valence-corrected chi connectivity index (χ3v) is 8.76. The van der Waals surface area contributed by atoms with Gasteiger partial charge in [0.25, 0.3) is 15.9 Å². The zero-order valence-corrected chi connectivity index (χ0v) is 24.6. The fourth-order valence-electron chi connectivity index (χ4n) is 4.95. The first kappa shape index (κ1) is 30.5. The number of carbonyl (C=O) groups excluding carboxylic acids is 1. The number of hydrogen-bond donors (Lipinski definition) is 1. The average molecular weight is 558 g/mol. The van der Waals surface area contributed by atoms with Crippen molar-refractivity contribution in [1.29, 1.82) is 0 Å². The zero-order valence-electron chi connectivity index (χ0n) is 23.8. The number of ether oxygens (including phenoxy) is 2. The number of rotatable bonds is 8. The zero-order chi connectivity index (χ0) is 28.3. The van der Waals surface area contributed by atoms with E-state index in [1.165, 1.54) is 58.5 Å². The second kappa shape index (κ2) is 14.9. The Hall–Kier alpha value is -3.07. The molecule has 39 heavy (non-hydrogen) atoms. The fraction of sp³-hybridized carbons (Fsp3) is 0.533. The van der Waals surface area contributed by atoms with Crippen LogP contribution in [0.1, 0.15) is 81.8 Å². The minimum atomic E-state index is -4.12. The molecular formula is C30H43N3O5S. The normalized spacial score (nSPS) is 15.4. The summed E-state index contributed by atoms with van der Waals surface area (Å²) in [6.07, 6.45) is 12.5. The van der Waals surface area contributed by atoms with E-state index >= 15 is 0 Å². The van der Waals surface area contributed by atoms with Crippen LogP contribution in [0.15, 0.2) is 46.4 Å². The Labute approximate surface area is 233 Å². The van der Waals surface area contributed by atoms with E-state index in [0.29, 0.717) is 11.4 Å². The van der Waals surface area contributed by atoms with E-state index in [2.05, 4.69) is 10.5 Å². The number of hydrogen-bond acceptors (Lipinski definition) is 6. The highest BCUT2D eigenvalue weighted by Gasteiger charge is 2.29. The smallest absolute Gasteiger partial charge is 0.264 e. The maximum atomic E-state index is 13.9. The van der Waals surface area contributed by atoms with Crippen molar-refractivity contribution in [3.63, 3.8) is 0 Å². The molecule has 3 rings (SSSR count). The van der Waals surface area contributed by atoms with Crippen molar-refractivity contribution in [2.45, 2.75) is 89.4 Å². The van der Waals surface area contributed by atoms with E-state index in [-0.39, 0.29) is 10.6 Å². The van der Waals surface area contributed by atoms with E-state index < -0.39 is 22.5 Å². The highest BCUT2D eigenvalue weighted by atomic mass is 32.2. The molecule has 8 nitrogen and oxygen atoms in total. The molecule has 1 N–H and O–H groups in total. The number of hydrazone groups is 1. The topological polar surface area (TPSA) is 97.3 Å². The van der Waals surface area contributed by atoms with Crippen LogP contribution >= 0.6 is 0 Å². The molecule has 0 spiro atoms.